The summed E-state index contributed by atoms with van der Waals surface area (Å²) in [5.74, 6) is -0.344. The van der Waals surface area contributed by atoms with E-state index in [9.17, 15) is 24.5 Å². The highest BCUT2D eigenvalue weighted by Crippen LogP contribution is 2.36. The Labute approximate surface area is 208 Å². The molecule has 2 heterocycles. The Bertz CT molecular complexity index is 1360. The Morgan fingerprint density at radius 3 is 2.58 bits per heavy atom. The molecule has 3 amide bonds. The predicted molar refractivity (Wildman–Crippen MR) is 132 cm³/mol. The van der Waals surface area contributed by atoms with E-state index < -0.39 is 28.5 Å². The molecule has 0 atom stereocenters. The van der Waals surface area contributed by atoms with E-state index in [1.807, 2.05) is 0 Å². The first kappa shape index (κ1) is 24.4. The van der Waals surface area contributed by atoms with Gasteiger partial charge >= 0.3 is 0 Å². The zero-order valence-corrected chi connectivity index (χ0v) is 19.6. The van der Waals surface area contributed by atoms with Crippen molar-refractivity contribution in [3.05, 3.63) is 87.4 Å². The number of nitro groups is 1. The smallest absolute Gasteiger partial charge is 0.294 e. The van der Waals surface area contributed by atoms with Gasteiger partial charge in [-0.25, -0.2) is 4.98 Å². The van der Waals surface area contributed by atoms with E-state index in [4.69, 9.17) is 9.47 Å². The lowest BCUT2D eigenvalue weighted by Gasteiger charge is -2.12. The van der Waals surface area contributed by atoms with Crippen LogP contribution >= 0.6 is 11.8 Å². The molecule has 12 heteroatoms. The van der Waals surface area contributed by atoms with Gasteiger partial charge in [0.1, 0.15) is 12.7 Å². The Morgan fingerprint density at radius 1 is 1.14 bits per heavy atom. The van der Waals surface area contributed by atoms with Crippen molar-refractivity contribution in [3.8, 4) is 17.4 Å². The minimum atomic E-state index is -0.581. The minimum Gasteiger partial charge on any atom is -0.493 e. The quantitative estimate of drug-likeness (QED) is 0.266. The molecule has 1 aliphatic rings. The maximum Gasteiger partial charge on any atom is 0.294 e. The zero-order chi connectivity index (χ0) is 25.7. The summed E-state index contributed by atoms with van der Waals surface area (Å²) in [5, 5.41) is 12.9. The molecule has 0 spiro atoms. The van der Waals surface area contributed by atoms with E-state index >= 15 is 0 Å². The number of amides is 3. The number of nitrogens with zero attached hydrogens (tertiary/aromatic N) is 3. The van der Waals surface area contributed by atoms with E-state index in [1.165, 1.54) is 25.3 Å². The van der Waals surface area contributed by atoms with Crippen LogP contribution in [0.1, 0.15) is 5.56 Å². The van der Waals surface area contributed by atoms with Crippen molar-refractivity contribution in [2.24, 2.45) is 0 Å². The molecule has 1 fully saturated rings. The molecule has 0 aliphatic carbocycles. The lowest BCUT2D eigenvalue weighted by atomic mass is 10.2. The van der Waals surface area contributed by atoms with Crippen molar-refractivity contribution in [2.75, 3.05) is 19.0 Å². The first-order valence-corrected chi connectivity index (χ1v) is 11.2. The molecule has 1 saturated heterocycles. The third-order valence-corrected chi connectivity index (χ3v) is 5.77. The van der Waals surface area contributed by atoms with Crippen molar-refractivity contribution in [1.29, 1.82) is 0 Å². The molecule has 1 aromatic heterocycles. The summed E-state index contributed by atoms with van der Waals surface area (Å²) >= 11 is 0.730. The molecular formula is C24H18N4O7S. The highest BCUT2D eigenvalue weighted by molar-refractivity contribution is 8.18. The van der Waals surface area contributed by atoms with Crippen LogP contribution in [-0.2, 0) is 9.59 Å². The summed E-state index contributed by atoms with van der Waals surface area (Å²) in [6, 6.07) is 16.1. The van der Waals surface area contributed by atoms with Gasteiger partial charge < -0.3 is 14.8 Å². The largest absolute Gasteiger partial charge is 0.493 e. The molecule has 0 radical (unpaired) electrons. The number of pyridine rings is 1. The predicted octanol–water partition coefficient (Wildman–Crippen LogP) is 4.47. The van der Waals surface area contributed by atoms with Gasteiger partial charge in [0.05, 0.1) is 16.9 Å². The van der Waals surface area contributed by atoms with Crippen molar-refractivity contribution < 1.29 is 28.8 Å². The molecule has 182 valence electrons. The number of ether oxygens (including phenoxy) is 2. The maximum atomic E-state index is 12.8. The number of carbonyl (C=O) groups is 3. The second-order valence-electron chi connectivity index (χ2n) is 7.31. The van der Waals surface area contributed by atoms with Crippen molar-refractivity contribution in [3.63, 3.8) is 0 Å². The summed E-state index contributed by atoms with van der Waals surface area (Å²) in [7, 11) is 1.43. The topological polar surface area (TPSA) is 141 Å². The highest BCUT2D eigenvalue weighted by atomic mass is 32.2. The number of hydrogen-bond acceptors (Lipinski definition) is 9. The van der Waals surface area contributed by atoms with Crippen LogP contribution in [0.15, 0.2) is 71.8 Å². The molecule has 0 bridgehead atoms. The second-order valence-corrected chi connectivity index (χ2v) is 8.30. The Morgan fingerprint density at radius 2 is 1.92 bits per heavy atom. The maximum absolute atomic E-state index is 12.8. The third kappa shape index (κ3) is 5.67. The fourth-order valence-electron chi connectivity index (χ4n) is 3.17. The van der Waals surface area contributed by atoms with E-state index in [0.717, 1.165) is 22.9 Å². The molecule has 0 saturated carbocycles. The summed E-state index contributed by atoms with van der Waals surface area (Å²) in [5.41, 5.74) is 0.939. The number of hydrogen-bond donors (Lipinski definition) is 1. The van der Waals surface area contributed by atoms with Gasteiger partial charge in [-0.05, 0) is 47.7 Å². The first-order chi connectivity index (χ1) is 17.3. The van der Waals surface area contributed by atoms with Crippen molar-refractivity contribution in [1.82, 2.24) is 9.88 Å². The Kier molecular flexibility index (Phi) is 7.25. The number of imide groups is 1. The number of benzene rings is 2. The van der Waals surface area contributed by atoms with Gasteiger partial charge in [-0.1, -0.05) is 24.3 Å². The monoisotopic (exact) mass is 506 g/mol. The third-order valence-electron chi connectivity index (χ3n) is 4.86. The summed E-state index contributed by atoms with van der Waals surface area (Å²) in [4.78, 5) is 52.6. The summed E-state index contributed by atoms with van der Waals surface area (Å²) in [6.07, 6.45) is 2.59. The first-order valence-electron chi connectivity index (χ1n) is 10.4. The Balaban J connectivity index is 1.46. The molecular weight excluding hydrogens is 488 g/mol. The van der Waals surface area contributed by atoms with E-state index in [1.54, 1.807) is 48.5 Å². The molecule has 2 aromatic carbocycles. The molecule has 4 rings (SSSR count). The SMILES string of the molecule is COc1cc(/C=C2/SC(=O)N(CC(=O)Nc3ccccc3)C2=O)ccc1Oc1ccc([N+](=O)[O-])cn1. The molecule has 1 N–H and O–H groups in total. The second kappa shape index (κ2) is 10.7. The van der Waals surface area contributed by atoms with Gasteiger partial charge in [0.15, 0.2) is 11.5 Å². The average Bonchev–Trinajstić information content (AvgIpc) is 3.13. The highest BCUT2D eigenvalue weighted by Gasteiger charge is 2.36. The fraction of sp³-hybridized carbons (Fsp3) is 0.0833. The van der Waals surface area contributed by atoms with E-state index in [-0.39, 0.29) is 16.5 Å². The van der Waals surface area contributed by atoms with Crippen LogP contribution in [0.25, 0.3) is 6.08 Å². The number of methoxy groups -OCH3 is 1. The number of thioether (sulfide) groups is 1. The van der Waals surface area contributed by atoms with Crippen molar-refractivity contribution in [2.45, 2.75) is 0 Å². The van der Waals surface area contributed by atoms with E-state index in [0.29, 0.717) is 22.7 Å². The molecule has 11 nitrogen and oxygen atoms in total. The number of anilines is 1. The van der Waals surface area contributed by atoms with Crippen molar-refractivity contribution >= 4 is 46.3 Å². The number of aromatic nitrogens is 1. The number of para-hydroxylation sites is 1. The minimum absolute atomic E-state index is 0.126. The standard InChI is InChI=1S/C24H18N4O7S/c1-34-19-11-15(7-9-18(19)35-22-10-8-17(13-25-22)28(32)33)12-20-23(30)27(24(31)36-20)14-21(29)26-16-5-3-2-4-6-16/h2-13H,14H2,1H3,(H,26,29)/b20-12+. The van der Waals surface area contributed by atoms with Gasteiger partial charge in [-0.15, -0.1) is 0 Å². The zero-order valence-electron chi connectivity index (χ0n) is 18.7. The average molecular weight is 506 g/mol. The Hall–Kier alpha value is -4.71. The van der Waals surface area contributed by atoms with E-state index in [2.05, 4.69) is 10.3 Å². The van der Waals surface area contributed by atoms with Crippen LogP contribution < -0.4 is 14.8 Å². The fourth-order valence-corrected chi connectivity index (χ4v) is 4.00. The number of rotatable bonds is 8. The van der Waals surface area contributed by atoms with Crippen LogP contribution in [0.2, 0.25) is 0 Å². The summed E-state index contributed by atoms with van der Waals surface area (Å²) in [6.45, 7) is -0.408. The molecule has 3 aromatic rings. The molecule has 36 heavy (non-hydrogen) atoms. The van der Waals surface area contributed by atoms with Crippen LogP contribution in [0, 0.1) is 10.1 Å². The van der Waals surface area contributed by atoms with Gasteiger partial charge in [0.25, 0.3) is 16.8 Å². The van der Waals surface area contributed by atoms with Crippen LogP contribution in [-0.4, -0.2) is 45.5 Å². The summed E-state index contributed by atoms with van der Waals surface area (Å²) < 4.78 is 11.0. The molecule has 1 aliphatic heterocycles. The number of nitrogens with one attached hydrogen (secondary N) is 1. The van der Waals surface area contributed by atoms with Gasteiger partial charge in [-0.3, -0.25) is 29.4 Å². The number of carbonyl (C=O) groups excluding carboxylic acids is 3. The van der Waals surface area contributed by atoms with Crippen LogP contribution in [0.5, 0.6) is 17.4 Å². The lowest BCUT2D eigenvalue weighted by Crippen LogP contribution is -2.36. The van der Waals surface area contributed by atoms with Gasteiger partial charge in [-0.2, -0.15) is 0 Å². The van der Waals surface area contributed by atoms with Gasteiger partial charge in [0.2, 0.25) is 11.8 Å². The van der Waals surface area contributed by atoms with Gasteiger partial charge in [0, 0.05) is 17.8 Å². The lowest BCUT2D eigenvalue weighted by molar-refractivity contribution is -0.385. The normalized spacial score (nSPS) is 14.1. The van der Waals surface area contributed by atoms with Crippen LogP contribution in [0.4, 0.5) is 16.2 Å². The molecule has 0 unspecified atom stereocenters. The van der Waals surface area contributed by atoms with Crippen LogP contribution in [0.3, 0.4) is 0 Å².